The third-order valence-corrected chi connectivity index (χ3v) is 3.59. The van der Waals surface area contributed by atoms with Crippen molar-refractivity contribution in [3.63, 3.8) is 0 Å². The van der Waals surface area contributed by atoms with Gasteiger partial charge in [-0.3, -0.25) is 9.59 Å². The molecule has 2 rings (SSSR count). The highest BCUT2D eigenvalue weighted by Gasteiger charge is 2.41. The van der Waals surface area contributed by atoms with Crippen molar-refractivity contribution in [1.29, 1.82) is 0 Å². The molecular weight excluding hydrogens is 246 g/mol. The maximum atomic E-state index is 12.1. The van der Waals surface area contributed by atoms with Crippen molar-refractivity contribution < 1.29 is 19.8 Å². The lowest BCUT2D eigenvalue weighted by Crippen LogP contribution is -2.29. The fourth-order valence-electron chi connectivity index (χ4n) is 2.63. The number of carbonyl (C=O) groups excluding carboxylic acids is 1. The highest BCUT2D eigenvalue weighted by molar-refractivity contribution is 5.95. The number of carbonyl (C=O) groups is 2. The minimum atomic E-state index is -0.907. The summed E-state index contributed by atoms with van der Waals surface area (Å²) >= 11 is 0. The molecule has 102 valence electrons. The lowest BCUT2D eigenvalue weighted by molar-refractivity contribution is -0.145. The molecule has 0 heterocycles. The van der Waals surface area contributed by atoms with Crippen LogP contribution >= 0.6 is 0 Å². The van der Waals surface area contributed by atoms with E-state index in [1.54, 1.807) is 12.1 Å². The Morgan fingerprint density at radius 3 is 2.32 bits per heavy atom. The zero-order valence-corrected chi connectivity index (χ0v) is 10.7. The summed E-state index contributed by atoms with van der Waals surface area (Å²) in [5, 5.41) is 21.0. The first-order valence-electron chi connectivity index (χ1n) is 6.30. The number of hydrogen-bond donors (Lipinski definition) is 3. The molecule has 0 aromatic heterocycles. The first-order chi connectivity index (χ1) is 8.97. The van der Waals surface area contributed by atoms with Crippen LogP contribution in [0.2, 0.25) is 0 Å². The fourth-order valence-corrected chi connectivity index (χ4v) is 2.63. The van der Waals surface area contributed by atoms with Crippen LogP contribution in [-0.4, -0.2) is 22.1 Å². The van der Waals surface area contributed by atoms with Crippen LogP contribution in [0.3, 0.4) is 0 Å². The Hall–Kier alpha value is -2.04. The molecule has 5 nitrogen and oxygen atoms in total. The van der Waals surface area contributed by atoms with Crippen molar-refractivity contribution in [2.75, 3.05) is 5.32 Å². The van der Waals surface area contributed by atoms with Gasteiger partial charge < -0.3 is 15.5 Å². The van der Waals surface area contributed by atoms with Gasteiger partial charge in [-0.05, 0) is 43.0 Å². The summed E-state index contributed by atoms with van der Waals surface area (Å²) in [5.41, 5.74) is 0.562. The zero-order chi connectivity index (χ0) is 14.0. The van der Waals surface area contributed by atoms with Crippen LogP contribution in [0, 0.1) is 17.8 Å². The van der Waals surface area contributed by atoms with Crippen molar-refractivity contribution in [3.8, 4) is 5.75 Å². The Morgan fingerprint density at radius 1 is 1.16 bits per heavy atom. The number of nitrogens with one attached hydrogen (secondary N) is 1. The number of carboxylic acid groups (broad SMARTS) is 1. The van der Waals surface area contributed by atoms with Crippen LogP contribution < -0.4 is 5.32 Å². The van der Waals surface area contributed by atoms with Gasteiger partial charge in [-0.2, -0.15) is 0 Å². The van der Waals surface area contributed by atoms with E-state index in [1.165, 1.54) is 12.1 Å². The SMILES string of the molecule is CC1C[C@H](C(=O)Nc2ccc(O)cc2)[C@H](C(=O)O)C1. The van der Waals surface area contributed by atoms with Crippen LogP contribution in [0.4, 0.5) is 5.69 Å². The summed E-state index contributed by atoms with van der Waals surface area (Å²) in [4.78, 5) is 23.3. The molecule has 0 spiro atoms. The smallest absolute Gasteiger partial charge is 0.307 e. The minimum Gasteiger partial charge on any atom is -0.508 e. The standard InChI is InChI=1S/C14H17NO4/c1-8-6-11(12(7-8)14(18)19)13(17)15-9-2-4-10(16)5-3-9/h2-5,8,11-12,16H,6-7H2,1H3,(H,15,17)(H,18,19)/t8?,11-,12+/m0/s1. The van der Waals surface area contributed by atoms with Gasteiger partial charge in [0.15, 0.2) is 0 Å². The molecule has 0 aliphatic heterocycles. The van der Waals surface area contributed by atoms with Gasteiger partial charge in [-0.15, -0.1) is 0 Å². The maximum Gasteiger partial charge on any atom is 0.307 e. The summed E-state index contributed by atoms with van der Waals surface area (Å²) in [7, 11) is 0. The molecule has 3 atom stereocenters. The number of benzene rings is 1. The van der Waals surface area contributed by atoms with Gasteiger partial charge in [0.25, 0.3) is 0 Å². The van der Waals surface area contributed by atoms with E-state index >= 15 is 0 Å². The molecule has 1 aromatic carbocycles. The molecular formula is C14H17NO4. The van der Waals surface area contributed by atoms with Crippen molar-refractivity contribution >= 4 is 17.6 Å². The lowest BCUT2D eigenvalue weighted by atomic mass is 9.95. The average molecular weight is 263 g/mol. The average Bonchev–Trinajstić information content (AvgIpc) is 2.74. The molecule has 0 radical (unpaired) electrons. The summed E-state index contributed by atoms with van der Waals surface area (Å²) in [5.74, 6) is -1.89. The molecule has 0 saturated heterocycles. The van der Waals surface area contributed by atoms with Crippen LogP contribution in [0.5, 0.6) is 5.75 Å². The van der Waals surface area contributed by atoms with E-state index in [2.05, 4.69) is 5.32 Å². The quantitative estimate of drug-likeness (QED) is 0.729. The Bertz CT molecular complexity index is 483. The van der Waals surface area contributed by atoms with E-state index in [0.29, 0.717) is 18.5 Å². The van der Waals surface area contributed by atoms with Gasteiger partial charge in [0.2, 0.25) is 5.91 Å². The minimum absolute atomic E-state index is 0.121. The molecule has 1 unspecified atom stereocenters. The first kappa shape index (κ1) is 13.4. The van der Waals surface area contributed by atoms with E-state index in [-0.39, 0.29) is 17.6 Å². The number of amides is 1. The molecule has 1 aliphatic rings. The second-order valence-electron chi connectivity index (χ2n) is 5.16. The topological polar surface area (TPSA) is 86.6 Å². The molecule has 0 bridgehead atoms. The predicted octanol–water partition coefficient (Wildman–Crippen LogP) is 2.08. The number of anilines is 1. The summed E-state index contributed by atoms with van der Waals surface area (Å²) in [6, 6.07) is 6.12. The Kier molecular flexibility index (Phi) is 3.74. The first-order valence-corrected chi connectivity index (χ1v) is 6.30. The molecule has 5 heteroatoms. The van der Waals surface area contributed by atoms with E-state index in [4.69, 9.17) is 10.2 Å². The van der Waals surface area contributed by atoms with Crippen LogP contribution in [-0.2, 0) is 9.59 Å². The monoisotopic (exact) mass is 263 g/mol. The largest absolute Gasteiger partial charge is 0.508 e. The molecule has 1 saturated carbocycles. The van der Waals surface area contributed by atoms with Crippen molar-refractivity contribution in [3.05, 3.63) is 24.3 Å². The van der Waals surface area contributed by atoms with E-state index in [9.17, 15) is 9.59 Å². The van der Waals surface area contributed by atoms with E-state index in [1.807, 2.05) is 6.92 Å². The molecule has 1 aromatic rings. The zero-order valence-electron chi connectivity index (χ0n) is 10.7. The number of aromatic hydroxyl groups is 1. The maximum absolute atomic E-state index is 12.1. The Labute approximate surface area is 111 Å². The van der Waals surface area contributed by atoms with E-state index < -0.39 is 17.8 Å². The number of phenolic OH excluding ortho intramolecular Hbond substituents is 1. The molecule has 1 aliphatic carbocycles. The predicted molar refractivity (Wildman–Crippen MR) is 69.8 cm³/mol. The Balaban J connectivity index is 2.06. The van der Waals surface area contributed by atoms with E-state index in [0.717, 1.165) is 0 Å². The second-order valence-corrected chi connectivity index (χ2v) is 5.16. The summed E-state index contributed by atoms with van der Waals surface area (Å²) in [6.45, 7) is 1.96. The second kappa shape index (κ2) is 5.30. The number of aliphatic carboxylic acids is 1. The van der Waals surface area contributed by atoms with Crippen LogP contribution in [0.15, 0.2) is 24.3 Å². The highest BCUT2D eigenvalue weighted by atomic mass is 16.4. The van der Waals surface area contributed by atoms with Gasteiger partial charge in [0.1, 0.15) is 5.75 Å². The third kappa shape index (κ3) is 3.05. The number of carboxylic acids is 1. The van der Waals surface area contributed by atoms with Gasteiger partial charge in [0.05, 0.1) is 11.8 Å². The van der Waals surface area contributed by atoms with Crippen molar-refractivity contribution in [1.82, 2.24) is 0 Å². The summed E-state index contributed by atoms with van der Waals surface area (Å²) in [6.07, 6.45) is 1.14. The molecule has 19 heavy (non-hydrogen) atoms. The van der Waals surface area contributed by atoms with Crippen LogP contribution in [0.25, 0.3) is 0 Å². The fraction of sp³-hybridized carbons (Fsp3) is 0.429. The molecule has 1 fully saturated rings. The van der Waals surface area contributed by atoms with Gasteiger partial charge in [-0.25, -0.2) is 0 Å². The third-order valence-electron chi connectivity index (χ3n) is 3.59. The highest BCUT2D eigenvalue weighted by Crippen LogP contribution is 2.37. The number of phenols is 1. The lowest BCUT2D eigenvalue weighted by Gasteiger charge is -2.15. The molecule has 3 N–H and O–H groups in total. The van der Waals surface area contributed by atoms with Gasteiger partial charge in [-0.1, -0.05) is 6.92 Å². The molecule has 1 amide bonds. The number of hydrogen-bond acceptors (Lipinski definition) is 3. The number of rotatable bonds is 3. The van der Waals surface area contributed by atoms with Gasteiger partial charge in [0, 0.05) is 5.69 Å². The Morgan fingerprint density at radius 2 is 1.74 bits per heavy atom. The van der Waals surface area contributed by atoms with Crippen molar-refractivity contribution in [2.45, 2.75) is 19.8 Å². The van der Waals surface area contributed by atoms with Crippen molar-refractivity contribution in [2.24, 2.45) is 17.8 Å². The normalized spacial score (nSPS) is 26.1. The van der Waals surface area contributed by atoms with Crippen LogP contribution in [0.1, 0.15) is 19.8 Å². The van der Waals surface area contributed by atoms with Gasteiger partial charge >= 0.3 is 5.97 Å². The summed E-state index contributed by atoms with van der Waals surface area (Å²) < 4.78 is 0.